The molecule has 0 radical (unpaired) electrons. The van der Waals surface area contributed by atoms with E-state index >= 15 is 0 Å². The van der Waals surface area contributed by atoms with Crippen LogP contribution in [0, 0.1) is 0 Å². The Bertz CT molecular complexity index is 1290. The molecule has 0 spiro atoms. The SMILES string of the molecule is CCNC(=O)[C@@H](C)N(Cc1ccc(Cl)cc1)C(=O)CN(c1ccc(Br)cc1)S(=O)(=O)c1ccccc1. The lowest BCUT2D eigenvalue weighted by molar-refractivity contribution is -0.139. The minimum Gasteiger partial charge on any atom is -0.355 e. The molecule has 0 saturated carbocycles. The predicted molar refractivity (Wildman–Crippen MR) is 145 cm³/mol. The zero-order chi connectivity index (χ0) is 26.3. The van der Waals surface area contributed by atoms with Gasteiger partial charge in [0.15, 0.2) is 0 Å². The van der Waals surface area contributed by atoms with E-state index < -0.39 is 28.5 Å². The summed E-state index contributed by atoms with van der Waals surface area (Å²) in [5.41, 5.74) is 1.08. The third-order valence-corrected chi connectivity index (χ3v) is 8.08. The summed E-state index contributed by atoms with van der Waals surface area (Å²) in [5.74, 6) is -0.855. The molecular formula is C26H27BrClN3O4S. The zero-order valence-corrected chi connectivity index (χ0v) is 23.1. The van der Waals surface area contributed by atoms with Crippen molar-refractivity contribution in [2.75, 3.05) is 17.4 Å². The van der Waals surface area contributed by atoms with E-state index in [1.165, 1.54) is 17.0 Å². The molecule has 0 aliphatic carbocycles. The van der Waals surface area contributed by atoms with Gasteiger partial charge in [0, 0.05) is 22.6 Å². The number of benzene rings is 3. The Balaban J connectivity index is 2.00. The molecule has 36 heavy (non-hydrogen) atoms. The molecule has 1 N–H and O–H groups in total. The van der Waals surface area contributed by atoms with Crippen LogP contribution < -0.4 is 9.62 Å². The quantitative estimate of drug-likeness (QED) is 0.365. The Morgan fingerprint density at radius 2 is 1.58 bits per heavy atom. The van der Waals surface area contributed by atoms with Crippen molar-refractivity contribution in [3.8, 4) is 0 Å². The van der Waals surface area contributed by atoms with Crippen LogP contribution in [-0.4, -0.2) is 44.3 Å². The van der Waals surface area contributed by atoms with Gasteiger partial charge in [0.25, 0.3) is 10.0 Å². The second-order valence-electron chi connectivity index (χ2n) is 8.02. The van der Waals surface area contributed by atoms with Crippen molar-refractivity contribution < 1.29 is 18.0 Å². The molecule has 7 nitrogen and oxygen atoms in total. The standard InChI is InChI=1S/C26H27BrClN3O4S/c1-3-29-26(33)19(2)30(17-20-9-13-22(28)14-10-20)25(32)18-31(23-15-11-21(27)12-16-23)36(34,35)24-7-5-4-6-8-24/h4-16,19H,3,17-18H2,1-2H3,(H,29,33)/t19-/m1/s1. The summed E-state index contributed by atoms with van der Waals surface area (Å²) in [6.45, 7) is 3.43. The van der Waals surface area contributed by atoms with E-state index in [9.17, 15) is 18.0 Å². The minimum atomic E-state index is -4.08. The number of hydrogen-bond donors (Lipinski definition) is 1. The fraction of sp³-hybridized carbons (Fsp3) is 0.231. The molecule has 10 heteroatoms. The second-order valence-corrected chi connectivity index (χ2v) is 11.2. The molecule has 190 valence electrons. The third kappa shape index (κ3) is 6.87. The Morgan fingerprint density at radius 3 is 2.17 bits per heavy atom. The van der Waals surface area contributed by atoms with Gasteiger partial charge in [-0.2, -0.15) is 0 Å². The van der Waals surface area contributed by atoms with Crippen molar-refractivity contribution >= 4 is 55.1 Å². The van der Waals surface area contributed by atoms with Gasteiger partial charge >= 0.3 is 0 Å². The Labute approximate surface area is 225 Å². The molecule has 2 amide bonds. The number of nitrogens with one attached hydrogen (secondary N) is 1. The van der Waals surface area contributed by atoms with Gasteiger partial charge in [0.05, 0.1) is 10.6 Å². The Kier molecular flexibility index (Phi) is 9.53. The zero-order valence-electron chi connectivity index (χ0n) is 19.9. The third-order valence-electron chi connectivity index (χ3n) is 5.51. The number of carbonyl (C=O) groups is 2. The summed E-state index contributed by atoms with van der Waals surface area (Å²) in [4.78, 5) is 27.8. The van der Waals surface area contributed by atoms with Crippen molar-refractivity contribution in [3.63, 3.8) is 0 Å². The highest BCUT2D eigenvalue weighted by Gasteiger charge is 2.32. The molecule has 0 heterocycles. The molecule has 0 unspecified atom stereocenters. The molecule has 0 fully saturated rings. The number of sulfonamides is 1. The fourth-order valence-electron chi connectivity index (χ4n) is 3.55. The average molecular weight is 593 g/mol. The van der Waals surface area contributed by atoms with Crippen molar-refractivity contribution in [1.82, 2.24) is 10.2 Å². The van der Waals surface area contributed by atoms with Gasteiger partial charge in [0.2, 0.25) is 11.8 Å². The first-order valence-electron chi connectivity index (χ1n) is 11.3. The first kappa shape index (κ1) is 27.7. The Morgan fingerprint density at radius 1 is 0.972 bits per heavy atom. The number of halogens is 2. The maximum Gasteiger partial charge on any atom is 0.264 e. The smallest absolute Gasteiger partial charge is 0.264 e. The van der Waals surface area contributed by atoms with Gasteiger partial charge in [-0.3, -0.25) is 13.9 Å². The molecule has 3 aromatic rings. The summed E-state index contributed by atoms with van der Waals surface area (Å²) < 4.78 is 29.1. The molecule has 1 atom stereocenters. The summed E-state index contributed by atoms with van der Waals surface area (Å²) in [6.07, 6.45) is 0. The minimum absolute atomic E-state index is 0.0572. The van der Waals surface area contributed by atoms with Crippen LogP contribution in [0.3, 0.4) is 0 Å². The first-order chi connectivity index (χ1) is 17.1. The number of amides is 2. The maximum absolute atomic E-state index is 13.7. The molecule has 0 bridgehead atoms. The van der Waals surface area contributed by atoms with Crippen LogP contribution in [-0.2, 0) is 26.2 Å². The van der Waals surface area contributed by atoms with Crippen LogP contribution in [0.25, 0.3) is 0 Å². The molecule has 0 aliphatic rings. The normalized spacial score (nSPS) is 12.0. The number of likely N-dealkylation sites (N-methyl/N-ethyl adjacent to an activating group) is 1. The first-order valence-corrected chi connectivity index (χ1v) is 13.9. The van der Waals surface area contributed by atoms with E-state index in [0.29, 0.717) is 17.3 Å². The number of nitrogens with zero attached hydrogens (tertiary/aromatic N) is 2. The average Bonchev–Trinajstić information content (AvgIpc) is 2.87. The van der Waals surface area contributed by atoms with Crippen molar-refractivity contribution in [3.05, 3.63) is 93.9 Å². The lowest BCUT2D eigenvalue weighted by Crippen LogP contribution is -2.51. The summed E-state index contributed by atoms with van der Waals surface area (Å²) in [6, 6.07) is 20.7. The van der Waals surface area contributed by atoms with E-state index in [0.717, 1.165) is 14.3 Å². The summed E-state index contributed by atoms with van der Waals surface area (Å²) in [7, 11) is -4.08. The van der Waals surface area contributed by atoms with Gasteiger partial charge in [-0.05, 0) is 67.9 Å². The van der Waals surface area contributed by atoms with Gasteiger partial charge in [-0.25, -0.2) is 8.42 Å². The topological polar surface area (TPSA) is 86.8 Å². The highest BCUT2D eigenvalue weighted by molar-refractivity contribution is 9.10. The van der Waals surface area contributed by atoms with Crippen LogP contribution in [0.2, 0.25) is 5.02 Å². The summed E-state index contributed by atoms with van der Waals surface area (Å²) in [5, 5.41) is 3.28. The van der Waals surface area contributed by atoms with Gasteiger partial charge < -0.3 is 10.2 Å². The molecule has 3 rings (SSSR count). The van der Waals surface area contributed by atoms with Crippen LogP contribution in [0.15, 0.2) is 88.2 Å². The maximum atomic E-state index is 13.7. The number of hydrogen-bond acceptors (Lipinski definition) is 4. The molecule has 3 aromatic carbocycles. The van der Waals surface area contributed by atoms with E-state index in [-0.39, 0.29) is 17.3 Å². The summed E-state index contributed by atoms with van der Waals surface area (Å²) >= 11 is 9.36. The Hall–Kier alpha value is -2.88. The predicted octanol–water partition coefficient (Wildman–Crippen LogP) is 4.85. The van der Waals surface area contributed by atoms with E-state index in [4.69, 9.17) is 11.6 Å². The van der Waals surface area contributed by atoms with E-state index in [2.05, 4.69) is 21.2 Å². The number of anilines is 1. The number of carbonyl (C=O) groups excluding carboxylic acids is 2. The van der Waals surface area contributed by atoms with E-state index in [1.54, 1.807) is 80.6 Å². The highest BCUT2D eigenvalue weighted by atomic mass is 79.9. The van der Waals surface area contributed by atoms with Gasteiger partial charge in [-0.1, -0.05) is 57.9 Å². The second kappa shape index (κ2) is 12.4. The largest absolute Gasteiger partial charge is 0.355 e. The molecule has 0 aliphatic heterocycles. The van der Waals surface area contributed by atoms with E-state index in [1.807, 2.05) is 0 Å². The van der Waals surface area contributed by atoms with Gasteiger partial charge in [-0.15, -0.1) is 0 Å². The molecule has 0 saturated heterocycles. The monoisotopic (exact) mass is 591 g/mol. The van der Waals surface area contributed by atoms with Crippen molar-refractivity contribution in [2.45, 2.75) is 31.3 Å². The van der Waals surface area contributed by atoms with Crippen molar-refractivity contribution in [1.29, 1.82) is 0 Å². The molecule has 0 aromatic heterocycles. The van der Waals surface area contributed by atoms with Crippen molar-refractivity contribution in [2.24, 2.45) is 0 Å². The van der Waals surface area contributed by atoms with Crippen LogP contribution >= 0.6 is 27.5 Å². The van der Waals surface area contributed by atoms with Crippen LogP contribution in [0.1, 0.15) is 19.4 Å². The lowest BCUT2D eigenvalue weighted by atomic mass is 10.1. The fourth-order valence-corrected chi connectivity index (χ4v) is 5.37. The highest BCUT2D eigenvalue weighted by Crippen LogP contribution is 2.26. The van der Waals surface area contributed by atoms with Gasteiger partial charge in [0.1, 0.15) is 12.6 Å². The van der Waals surface area contributed by atoms with Crippen LogP contribution in [0.4, 0.5) is 5.69 Å². The molecular weight excluding hydrogens is 566 g/mol. The van der Waals surface area contributed by atoms with Crippen LogP contribution in [0.5, 0.6) is 0 Å². The lowest BCUT2D eigenvalue weighted by Gasteiger charge is -2.32. The number of rotatable bonds is 10.